The summed E-state index contributed by atoms with van der Waals surface area (Å²) in [5, 5.41) is 4.06. The molecule has 0 spiro atoms. The molecule has 29 heavy (non-hydrogen) atoms. The van der Waals surface area contributed by atoms with Crippen molar-refractivity contribution >= 4 is 10.0 Å². The van der Waals surface area contributed by atoms with Gasteiger partial charge in [0.2, 0.25) is 10.0 Å². The summed E-state index contributed by atoms with van der Waals surface area (Å²) in [4.78, 5) is 0. The van der Waals surface area contributed by atoms with Crippen LogP contribution in [-0.2, 0) is 16.4 Å². The second-order valence-electron chi connectivity index (χ2n) is 6.48. The summed E-state index contributed by atoms with van der Waals surface area (Å²) >= 11 is 0. The van der Waals surface area contributed by atoms with E-state index in [2.05, 4.69) is 9.82 Å². The van der Waals surface area contributed by atoms with E-state index in [-0.39, 0.29) is 12.2 Å². The first kappa shape index (κ1) is 20.9. The first-order chi connectivity index (χ1) is 13.8. The maximum Gasteiger partial charge on any atom is 0.282 e. The fourth-order valence-corrected chi connectivity index (χ4v) is 3.33. The third-order valence-corrected chi connectivity index (χ3v) is 5.02. The molecule has 1 heterocycles. The van der Waals surface area contributed by atoms with Crippen molar-refractivity contribution in [2.75, 3.05) is 19.9 Å². The highest BCUT2D eigenvalue weighted by atomic mass is 32.2. The van der Waals surface area contributed by atoms with Gasteiger partial charge in [-0.1, -0.05) is 24.3 Å². The molecule has 1 N–H and O–H groups in total. The Bertz CT molecular complexity index is 1060. The lowest BCUT2D eigenvalue weighted by atomic mass is 10.1. The molecule has 9 heteroatoms. The molecule has 0 amide bonds. The van der Waals surface area contributed by atoms with Crippen LogP contribution in [0.4, 0.5) is 8.78 Å². The van der Waals surface area contributed by atoms with Gasteiger partial charge in [0.05, 0.1) is 24.7 Å². The Balaban J connectivity index is 1.88. The van der Waals surface area contributed by atoms with Gasteiger partial charge < -0.3 is 4.74 Å². The Morgan fingerprint density at radius 3 is 2.31 bits per heavy atom. The number of nitrogens with one attached hydrogen (secondary N) is 1. The maximum atomic E-state index is 13.3. The quantitative estimate of drug-likeness (QED) is 0.604. The minimum Gasteiger partial charge on any atom is -0.497 e. The molecule has 0 aliphatic rings. The zero-order valence-electron chi connectivity index (χ0n) is 16.0. The van der Waals surface area contributed by atoms with Gasteiger partial charge in [0, 0.05) is 12.1 Å². The number of hydrogen-bond donors (Lipinski definition) is 1. The van der Waals surface area contributed by atoms with Gasteiger partial charge in [-0.15, -0.1) is 0 Å². The Labute approximate surface area is 168 Å². The molecule has 0 unspecified atom stereocenters. The third kappa shape index (κ3) is 5.39. The highest BCUT2D eigenvalue weighted by Crippen LogP contribution is 2.29. The number of rotatable bonds is 8. The third-order valence-electron chi connectivity index (χ3n) is 4.30. The van der Waals surface area contributed by atoms with E-state index in [0.29, 0.717) is 23.6 Å². The summed E-state index contributed by atoms with van der Waals surface area (Å²) in [6.07, 6.45) is -1.06. The van der Waals surface area contributed by atoms with Crippen LogP contribution >= 0.6 is 0 Å². The number of aromatic nitrogens is 2. The van der Waals surface area contributed by atoms with E-state index in [1.54, 1.807) is 31.4 Å². The Morgan fingerprint density at radius 1 is 1.10 bits per heavy atom. The predicted octanol–water partition coefficient (Wildman–Crippen LogP) is 3.58. The molecule has 0 radical (unpaired) electrons. The monoisotopic (exact) mass is 421 g/mol. The average molecular weight is 421 g/mol. The highest BCUT2D eigenvalue weighted by Gasteiger charge is 2.18. The van der Waals surface area contributed by atoms with E-state index >= 15 is 0 Å². The molecule has 0 fully saturated rings. The van der Waals surface area contributed by atoms with Crippen molar-refractivity contribution in [3.05, 3.63) is 65.9 Å². The summed E-state index contributed by atoms with van der Waals surface area (Å²) in [6.45, 7) is 0.289. The van der Waals surface area contributed by atoms with Crippen LogP contribution in [0.15, 0.2) is 54.6 Å². The summed E-state index contributed by atoms with van der Waals surface area (Å²) in [6, 6.07) is 15.6. The molecule has 3 rings (SSSR count). The van der Waals surface area contributed by atoms with E-state index in [1.165, 1.54) is 10.7 Å². The number of halogens is 2. The summed E-state index contributed by atoms with van der Waals surface area (Å²) in [5.74, 6) is 0.656. The van der Waals surface area contributed by atoms with Gasteiger partial charge >= 0.3 is 0 Å². The van der Waals surface area contributed by atoms with Crippen LogP contribution in [0.25, 0.3) is 16.9 Å². The Kier molecular flexibility index (Phi) is 6.29. The lowest BCUT2D eigenvalue weighted by molar-refractivity contribution is 0.145. The van der Waals surface area contributed by atoms with Crippen LogP contribution in [0, 0.1) is 0 Å². The topological polar surface area (TPSA) is 73.2 Å². The lowest BCUT2D eigenvalue weighted by Crippen LogP contribution is -2.24. The number of nitrogens with zero attached hydrogens (tertiary/aromatic N) is 2. The molecule has 0 bridgehead atoms. The second-order valence-corrected chi connectivity index (χ2v) is 8.31. The fraction of sp³-hybridized carbons (Fsp3) is 0.250. The molecule has 1 aromatic heterocycles. The number of sulfonamides is 1. The summed E-state index contributed by atoms with van der Waals surface area (Å²) in [7, 11) is -1.68. The minimum absolute atomic E-state index is 0.289. The molecule has 3 aromatic rings. The van der Waals surface area contributed by atoms with Crippen LogP contribution in [-0.4, -0.2) is 38.1 Å². The first-order valence-corrected chi connectivity index (χ1v) is 10.7. The largest absolute Gasteiger partial charge is 0.497 e. The van der Waals surface area contributed by atoms with E-state index in [9.17, 15) is 17.2 Å². The van der Waals surface area contributed by atoms with Gasteiger partial charge in [0.25, 0.3) is 6.43 Å². The minimum atomic E-state index is -3.23. The molecule has 0 saturated heterocycles. The van der Waals surface area contributed by atoms with Gasteiger partial charge in [0.15, 0.2) is 0 Å². The summed E-state index contributed by atoms with van der Waals surface area (Å²) < 4.78 is 57.8. The van der Waals surface area contributed by atoms with Crippen molar-refractivity contribution in [2.24, 2.45) is 0 Å². The SMILES string of the molecule is COc1ccc(-n2nc(C(F)F)cc2-c2ccc(CCNS(C)(=O)=O)cc2)cc1. The molecule has 0 saturated carbocycles. The van der Waals surface area contributed by atoms with Gasteiger partial charge in [-0.3, -0.25) is 0 Å². The van der Waals surface area contributed by atoms with E-state index in [0.717, 1.165) is 17.4 Å². The molecule has 2 aromatic carbocycles. The zero-order chi connectivity index (χ0) is 21.0. The Hall–Kier alpha value is -2.78. The number of hydrogen-bond acceptors (Lipinski definition) is 4. The highest BCUT2D eigenvalue weighted by molar-refractivity contribution is 7.88. The predicted molar refractivity (Wildman–Crippen MR) is 107 cm³/mol. The first-order valence-electron chi connectivity index (χ1n) is 8.83. The average Bonchev–Trinajstić information content (AvgIpc) is 3.13. The fourth-order valence-electron chi connectivity index (χ4n) is 2.85. The van der Waals surface area contributed by atoms with Gasteiger partial charge in [-0.25, -0.2) is 26.6 Å². The molecule has 154 valence electrons. The van der Waals surface area contributed by atoms with Crippen molar-refractivity contribution in [3.8, 4) is 22.7 Å². The Morgan fingerprint density at radius 2 is 1.76 bits per heavy atom. The zero-order valence-corrected chi connectivity index (χ0v) is 16.8. The van der Waals surface area contributed by atoms with Crippen molar-refractivity contribution in [1.82, 2.24) is 14.5 Å². The molecule has 6 nitrogen and oxygen atoms in total. The van der Waals surface area contributed by atoms with Crippen molar-refractivity contribution in [3.63, 3.8) is 0 Å². The van der Waals surface area contributed by atoms with Crippen LogP contribution in [0.3, 0.4) is 0 Å². The lowest BCUT2D eigenvalue weighted by Gasteiger charge is -2.09. The van der Waals surface area contributed by atoms with Crippen LogP contribution in [0.2, 0.25) is 0 Å². The van der Waals surface area contributed by atoms with Crippen LogP contribution in [0.1, 0.15) is 17.7 Å². The molecular formula is C20H21F2N3O3S. The van der Waals surface area contributed by atoms with Gasteiger partial charge in [-0.2, -0.15) is 5.10 Å². The number of benzene rings is 2. The normalized spacial score (nSPS) is 11.8. The maximum absolute atomic E-state index is 13.3. The molecule has 0 aliphatic carbocycles. The van der Waals surface area contributed by atoms with Crippen LogP contribution < -0.4 is 9.46 Å². The van der Waals surface area contributed by atoms with E-state index in [1.807, 2.05) is 24.3 Å². The van der Waals surface area contributed by atoms with Crippen molar-refractivity contribution in [1.29, 1.82) is 0 Å². The summed E-state index contributed by atoms with van der Waals surface area (Å²) in [5.41, 5.74) is 2.51. The van der Waals surface area contributed by atoms with Gasteiger partial charge in [0.1, 0.15) is 11.4 Å². The van der Waals surface area contributed by atoms with E-state index in [4.69, 9.17) is 4.74 Å². The number of alkyl halides is 2. The molecule has 0 aliphatic heterocycles. The smallest absolute Gasteiger partial charge is 0.282 e. The van der Waals surface area contributed by atoms with Crippen molar-refractivity contribution in [2.45, 2.75) is 12.8 Å². The van der Waals surface area contributed by atoms with Crippen molar-refractivity contribution < 1.29 is 21.9 Å². The van der Waals surface area contributed by atoms with Crippen LogP contribution in [0.5, 0.6) is 5.75 Å². The van der Waals surface area contributed by atoms with Gasteiger partial charge in [-0.05, 0) is 42.3 Å². The van der Waals surface area contributed by atoms with E-state index < -0.39 is 16.4 Å². The standard InChI is InChI=1S/C20H21F2N3O3S/c1-28-17-9-7-16(8-10-17)25-19(13-18(24-25)20(21)22)15-5-3-14(4-6-15)11-12-23-29(2,26)27/h3-10,13,20,23H,11-12H2,1-2H3. The number of methoxy groups -OCH3 is 1. The molecular weight excluding hydrogens is 400 g/mol. The second kappa shape index (κ2) is 8.71. The molecule has 0 atom stereocenters. The number of ether oxygens (including phenoxy) is 1.